The van der Waals surface area contributed by atoms with Crippen LogP contribution < -0.4 is 4.74 Å². The van der Waals surface area contributed by atoms with Gasteiger partial charge >= 0.3 is 12.1 Å². The van der Waals surface area contributed by atoms with Gasteiger partial charge in [0.2, 0.25) is 0 Å². The van der Waals surface area contributed by atoms with Crippen LogP contribution in [0.1, 0.15) is 24.0 Å². The van der Waals surface area contributed by atoms with Gasteiger partial charge in [-0.05, 0) is 25.0 Å². The number of hydrogen-bond donors (Lipinski definition) is 2. The maximum atomic E-state index is 12.9. The molecule has 2 N–H and O–H groups in total. The number of rotatable bonds is 3. The molecule has 1 aliphatic rings. The molecule has 0 amide bonds. The van der Waals surface area contributed by atoms with Crippen LogP contribution in [-0.4, -0.2) is 23.3 Å². The lowest BCUT2D eigenvalue weighted by atomic mass is 9.89. The smallest absolute Gasteiger partial charge is 0.416 e. The molecular weight excluding hydrogens is 265 g/mol. The number of aliphatic carboxylic acids is 1. The number of benzene rings is 1. The second-order valence-electron chi connectivity index (χ2n) is 4.42. The van der Waals surface area contributed by atoms with Crippen molar-refractivity contribution in [1.82, 2.24) is 0 Å². The summed E-state index contributed by atoms with van der Waals surface area (Å²) in [4.78, 5) is 11.2. The Morgan fingerprint density at radius 3 is 2.32 bits per heavy atom. The minimum Gasteiger partial charge on any atom is -0.504 e. The van der Waals surface area contributed by atoms with E-state index >= 15 is 0 Å². The molecule has 1 saturated carbocycles. The zero-order valence-electron chi connectivity index (χ0n) is 9.91. The highest BCUT2D eigenvalue weighted by Gasteiger charge is 2.57. The van der Waals surface area contributed by atoms with Crippen LogP contribution in [0.25, 0.3) is 0 Å². The van der Waals surface area contributed by atoms with Crippen LogP contribution in [0, 0.1) is 0 Å². The number of ether oxygens (including phenoxy) is 1. The summed E-state index contributed by atoms with van der Waals surface area (Å²) in [6, 6.07) is 1.70. The number of carboxylic acid groups (broad SMARTS) is 1. The van der Waals surface area contributed by atoms with Crippen molar-refractivity contribution in [3.05, 3.63) is 23.3 Å². The number of halogens is 3. The molecule has 0 unspecified atom stereocenters. The van der Waals surface area contributed by atoms with E-state index in [4.69, 9.17) is 9.84 Å². The van der Waals surface area contributed by atoms with Crippen LogP contribution in [0.5, 0.6) is 11.5 Å². The first-order valence-electron chi connectivity index (χ1n) is 5.45. The molecule has 19 heavy (non-hydrogen) atoms. The Hall–Kier alpha value is -1.92. The maximum Gasteiger partial charge on any atom is 0.416 e. The van der Waals surface area contributed by atoms with Gasteiger partial charge in [-0.25, -0.2) is 0 Å². The summed E-state index contributed by atoms with van der Waals surface area (Å²) >= 11 is 0. The van der Waals surface area contributed by atoms with Gasteiger partial charge in [-0.3, -0.25) is 4.79 Å². The molecule has 1 aromatic rings. The molecule has 0 aliphatic heterocycles. The third kappa shape index (κ3) is 1.98. The predicted molar refractivity (Wildman–Crippen MR) is 58.2 cm³/mol. The Kier molecular flexibility index (Phi) is 2.87. The van der Waals surface area contributed by atoms with Crippen LogP contribution in [0.2, 0.25) is 0 Å². The second kappa shape index (κ2) is 4.04. The van der Waals surface area contributed by atoms with Crippen molar-refractivity contribution in [2.45, 2.75) is 24.4 Å². The van der Waals surface area contributed by atoms with Crippen molar-refractivity contribution in [1.29, 1.82) is 0 Å². The Morgan fingerprint density at radius 2 is 1.95 bits per heavy atom. The van der Waals surface area contributed by atoms with E-state index in [0.29, 0.717) is 0 Å². The van der Waals surface area contributed by atoms with Gasteiger partial charge in [0.25, 0.3) is 0 Å². The first-order chi connectivity index (χ1) is 8.74. The third-order valence-corrected chi connectivity index (χ3v) is 3.30. The Morgan fingerprint density at radius 1 is 1.37 bits per heavy atom. The number of phenolic OH excluding ortho intramolecular Hbond substituents is 1. The number of hydrogen-bond acceptors (Lipinski definition) is 3. The van der Waals surface area contributed by atoms with E-state index in [1.807, 2.05) is 0 Å². The summed E-state index contributed by atoms with van der Waals surface area (Å²) in [5.41, 5.74) is -3.40. The van der Waals surface area contributed by atoms with Gasteiger partial charge in [-0.15, -0.1) is 0 Å². The number of aromatic hydroxyl groups is 1. The molecule has 104 valence electrons. The monoisotopic (exact) mass is 276 g/mol. The minimum atomic E-state index is -4.73. The van der Waals surface area contributed by atoms with Crippen molar-refractivity contribution >= 4 is 5.97 Å². The van der Waals surface area contributed by atoms with E-state index in [1.165, 1.54) is 7.11 Å². The standard InChI is InChI=1S/C12H11F3O4/c1-19-7-3-2-6(12(13,14)15)8(9(7)16)11(4-5-11)10(17)18/h2-3,16H,4-5H2,1H3,(H,17,18). The summed E-state index contributed by atoms with van der Waals surface area (Å²) < 4.78 is 43.6. The summed E-state index contributed by atoms with van der Waals surface area (Å²) in [5, 5.41) is 19.0. The molecule has 0 atom stereocenters. The maximum absolute atomic E-state index is 12.9. The SMILES string of the molecule is COc1ccc(C(F)(F)F)c(C2(C(=O)O)CC2)c1O. The van der Waals surface area contributed by atoms with Gasteiger partial charge in [0.15, 0.2) is 11.5 Å². The lowest BCUT2D eigenvalue weighted by Crippen LogP contribution is -2.24. The first kappa shape index (κ1) is 13.5. The average Bonchev–Trinajstić information content (AvgIpc) is 3.08. The fourth-order valence-corrected chi connectivity index (χ4v) is 2.15. The van der Waals surface area contributed by atoms with E-state index in [9.17, 15) is 23.1 Å². The van der Waals surface area contributed by atoms with Gasteiger partial charge in [-0.1, -0.05) is 0 Å². The van der Waals surface area contributed by atoms with Crippen molar-refractivity contribution in [2.75, 3.05) is 7.11 Å². The molecule has 0 heterocycles. The Bertz CT molecular complexity index is 533. The minimum absolute atomic E-state index is 0.0616. The molecule has 2 rings (SSSR count). The number of carbonyl (C=O) groups is 1. The molecule has 1 aliphatic carbocycles. The molecule has 7 heteroatoms. The average molecular weight is 276 g/mol. The lowest BCUT2D eigenvalue weighted by Gasteiger charge is -2.20. The Balaban J connectivity index is 2.72. The van der Waals surface area contributed by atoms with Crippen LogP contribution in [0.15, 0.2) is 12.1 Å². The predicted octanol–water partition coefficient (Wildman–Crippen LogP) is 2.54. The zero-order valence-corrected chi connectivity index (χ0v) is 9.91. The quantitative estimate of drug-likeness (QED) is 0.890. The van der Waals surface area contributed by atoms with Crippen molar-refractivity contribution in [3.63, 3.8) is 0 Å². The first-order valence-corrected chi connectivity index (χ1v) is 5.45. The molecule has 4 nitrogen and oxygen atoms in total. The van der Waals surface area contributed by atoms with Crippen molar-refractivity contribution in [3.8, 4) is 11.5 Å². The van der Waals surface area contributed by atoms with Gasteiger partial charge in [0, 0.05) is 5.56 Å². The molecule has 0 bridgehead atoms. The molecule has 0 radical (unpaired) electrons. The highest BCUT2D eigenvalue weighted by atomic mass is 19.4. The van der Waals surface area contributed by atoms with Crippen LogP contribution in [0.3, 0.4) is 0 Å². The van der Waals surface area contributed by atoms with Crippen LogP contribution in [0.4, 0.5) is 13.2 Å². The number of methoxy groups -OCH3 is 1. The summed E-state index contributed by atoms with van der Waals surface area (Å²) in [7, 11) is 1.19. The largest absolute Gasteiger partial charge is 0.504 e. The Labute approximate surface area is 106 Å². The highest BCUT2D eigenvalue weighted by Crippen LogP contribution is 2.56. The van der Waals surface area contributed by atoms with E-state index in [1.54, 1.807) is 0 Å². The lowest BCUT2D eigenvalue weighted by molar-refractivity contribution is -0.142. The number of alkyl halides is 3. The molecule has 0 aromatic heterocycles. The van der Waals surface area contributed by atoms with Gasteiger partial charge in [0.1, 0.15) is 0 Å². The van der Waals surface area contributed by atoms with Gasteiger partial charge in [0.05, 0.1) is 18.1 Å². The van der Waals surface area contributed by atoms with E-state index < -0.39 is 34.4 Å². The molecule has 0 spiro atoms. The fourth-order valence-electron chi connectivity index (χ4n) is 2.15. The summed E-state index contributed by atoms with van der Waals surface area (Å²) in [6.45, 7) is 0. The third-order valence-electron chi connectivity index (χ3n) is 3.30. The van der Waals surface area contributed by atoms with E-state index in [-0.39, 0.29) is 18.6 Å². The van der Waals surface area contributed by atoms with Crippen LogP contribution >= 0.6 is 0 Å². The fraction of sp³-hybridized carbons (Fsp3) is 0.417. The normalized spacial score (nSPS) is 17.1. The highest BCUT2D eigenvalue weighted by molar-refractivity contribution is 5.87. The molecule has 0 saturated heterocycles. The topological polar surface area (TPSA) is 66.8 Å². The molecule has 1 fully saturated rings. The van der Waals surface area contributed by atoms with Gasteiger partial charge in [-0.2, -0.15) is 13.2 Å². The number of phenols is 1. The van der Waals surface area contributed by atoms with E-state index in [0.717, 1.165) is 12.1 Å². The molecular formula is C12H11F3O4. The second-order valence-corrected chi connectivity index (χ2v) is 4.42. The summed E-state index contributed by atoms with van der Waals surface area (Å²) in [5.74, 6) is -2.30. The summed E-state index contributed by atoms with van der Waals surface area (Å²) in [6.07, 6.45) is -4.61. The van der Waals surface area contributed by atoms with Crippen LogP contribution in [-0.2, 0) is 16.4 Å². The van der Waals surface area contributed by atoms with E-state index in [2.05, 4.69) is 0 Å². The zero-order chi connectivity index (χ0) is 14.4. The van der Waals surface area contributed by atoms with Crippen molar-refractivity contribution in [2.24, 2.45) is 0 Å². The van der Waals surface area contributed by atoms with Crippen molar-refractivity contribution < 1.29 is 32.9 Å². The number of carboxylic acids is 1. The van der Waals surface area contributed by atoms with Gasteiger partial charge < -0.3 is 14.9 Å². The molecule has 1 aromatic carbocycles.